The lowest BCUT2D eigenvalue weighted by atomic mass is 10.1. The van der Waals surface area contributed by atoms with E-state index in [0.717, 1.165) is 50.5 Å². The summed E-state index contributed by atoms with van der Waals surface area (Å²) >= 11 is 0. The second-order valence-electron chi connectivity index (χ2n) is 6.25. The van der Waals surface area contributed by atoms with Crippen molar-refractivity contribution in [3.8, 4) is 11.5 Å². The molecule has 0 saturated carbocycles. The first kappa shape index (κ1) is 17.1. The molecule has 1 aromatic carbocycles. The molecule has 0 spiro atoms. The van der Waals surface area contributed by atoms with Crippen molar-refractivity contribution in [3.05, 3.63) is 23.8 Å². The van der Waals surface area contributed by atoms with Crippen molar-refractivity contribution < 1.29 is 9.47 Å². The fourth-order valence-electron chi connectivity index (χ4n) is 2.64. The molecule has 124 valence electrons. The highest BCUT2D eigenvalue weighted by Gasteiger charge is 2.16. The molecule has 0 radical (unpaired) electrons. The summed E-state index contributed by atoms with van der Waals surface area (Å²) in [5.74, 6) is 1.62. The molecule has 1 fully saturated rings. The molecule has 22 heavy (non-hydrogen) atoms. The number of piperidine rings is 1. The molecular formula is C17H29N3O2. The second-order valence-corrected chi connectivity index (χ2v) is 6.25. The zero-order chi connectivity index (χ0) is 15.9. The highest BCUT2D eigenvalue weighted by molar-refractivity contribution is 5.43. The van der Waals surface area contributed by atoms with Crippen LogP contribution < -0.4 is 15.2 Å². The Balaban J connectivity index is 1.96. The highest BCUT2D eigenvalue weighted by Crippen LogP contribution is 2.29. The van der Waals surface area contributed by atoms with Crippen LogP contribution in [0.4, 0.5) is 0 Å². The van der Waals surface area contributed by atoms with Gasteiger partial charge in [0.2, 0.25) is 0 Å². The minimum absolute atomic E-state index is 0.372. The monoisotopic (exact) mass is 307 g/mol. The number of rotatable bonds is 7. The third-order valence-electron chi connectivity index (χ3n) is 4.06. The van der Waals surface area contributed by atoms with Crippen LogP contribution in [-0.2, 0) is 6.54 Å². The van der Waals surface area contributed by atoms with Crippen molar-refractivity contribution in [2.24, 2.45) is 5.73 Å². The maximum absolute atomic E-state index is 5.96. The lowest BCUT2D eigenvalue weighted by Gasteiger charge is -2.30. The largest absolute Gasteiger partial charge is 0.493 e. The molecule has 0 aromatic heterocycles. The zero-order valence-electron chi connectivity index (χ0n) is 14.0. The lowest BCUT2D eigenvalue weighted by Crippen LogP contribution is -2.39. The second kappa shape index (κ2) is 8.36. The Morgan fingerprint density at radius 3 is 2.59 bits per heavy atom. The van der Waals surface area contributed by atoms with Crippen molar-refractivity contribution >= 4 is 0 Å². The summed E-state index contributed by atoms with van der Waals surface area (Å²) in [6.07, 6.45) is 2.17. The van der Waals surface area contributed by atoms with E-state index in [2.05, 4.69) is 21.9 Å². The van der Waals surface area contributed by atoms with E-state index in [1.165, 1.54) is 5.56 Å². The molecule has 1 heterocycles. The van der Waals surface area contributed by atoms with E-state index in [0.29, 0.717) is 12.6 Å². The number of nitrogens with two attached hydrogens (primary N) is 1. The van der Waals surface area contributed by atoms with Gasteiger partial charge in [0.25, 0.3) is 0 Å². The molecule has 1 aliphatic rings. The quantitative estimate of drug-likeness (QED) is 0.828. The molecular weight excluding hydrogens is 278 g/mol. The minimum Gasteiger partial charge on any atom is -0.493 e. The summed E-state index contributed by atoms with van der Waals surface area (Å²) in [5, 5.41) is 0. The van der Waals surface area contributed by atoms with Crippen LogP contribution in [0.25, 0.3) is 0 Å². The first-order valence-electron chi connectivity index (χ1n) is 8.01. The van der Waals surface area contributed by atoms with Gasteiger partial charge in [0, 0.05) is 19.1 Å². The van der Waals surface area contributed by atoms with Gasteiger partial charge in [-0.15, -0.1) is 0 Å². The molecule has 5 heteroatoms. The van der Waals surface area contributed by atoms with E-state index < -0.39 is 0 Å². The number of likely N-dealkylation sites (tertiary alicyclic amines) is 1. The van der Waals surface area contributed by atoms with E-state index in [1.54, 1.807) is 7.11 Å². The summed E-state index contributed by atoms with van der Waals surface area (Å²) in [4.78, 5) is 4.56. The average Bonchev–Trinajstić information content (AvgIpc) is 2.49. The molecule has 1 aromatic rings. The van der Waals surface area contributed by atoms with E-state index >= 15 is 0 Å². The molecule has 0 aliphatic carbocycles. The molecule has 0 atom stereocenters. The molecule has 2 N–H and O–H groups in total. The maximum Gasteiger partial charge on any atom is 0.161 e. The third kappa shape index (κ3) is 5.16. The van der Waals surface area contributed by atoms with Crippen molar-refractivity contribution in [3.63, 3.8) is 0 Å². The molecule has 0 bridgehead atoms. The predicted molar refractivity (Wildman–Crippen MR) is 89.5 cm³/mol. The summed E-state index contributed by atoms with van der Waals surface area (Å²) < 4.78 is 11.3. The number of likely N-dealkylation sites (N-methyl/N-ethyl adjacent to an activating group) is 1. The molecule has 0 amide bonds. The Hall–Kier alpha value is -1.30. The van der Waals surface area contributed by atoms with Crippen LogP contribution in [0, 0.1) is 0 Å². The number of nitrogens with zero attached hydrogens (tertiary/aromatic N) is 2. The van der Waals surface area contributed by atoms with Crippen LogP contribution in [-0.4, -0.2) is 63.3 Å². The topological polar surface area (TPSA) is 51.0 Å². The fourth-order valence-corrected chi connectivity index (χ4v) is 2.64. The first-order valence-corrected chi connectivity index (χ1v) is 8.01. The van der Waals surface area contributed by atoms with Gasteiger partial charge in [-0.25, -0.2) is 0 Å². The van der Waals surface area contributed by atoms with Gasteiger partial charge in [-0.05, 0) is 57.7 Å². The standard InChI is InChI=1S/C17H29N3O2/c1-19(2)10-11-22-17-12-14(4-5-16(17)21-3)13-20-8-6-15(18)7-9-20/h4-5,12,15H,6-11,13,18H2,1-3H3. The lowest BCUT2D eigenvalue weighted by molar-refractivity contribution is 0.205. The van der Waals surface area contributed by atoms with Crippen LogP contribution in [0.15, 0.2) is 18.2 Å². The Morgan fingerprint density at radius 1 is 1.23 bits per heavy atom. The predicted octanol–water partition coefficient (Wildman–Crippen LogP) is 1.56. The Labute approximate surface area is 134 Å². The Kier molecular flexibility index (Phi) is 6.49. The van der Waals surface area contributed by atoms with Gasteiger partial charge < -0.3 is 20.1 Å². The number of hydrogen-bond acceptors (Lipinski definition) is 5. The number of methoxy groups -OCH3 is 1. The Morgan fingerprint density at radius 2 is 1.95 bits per heavy atom. The smallest absolute Gasteiger partial charge is 0.161 e. The maximum atomic E-state index is 5.96. The van der Waals surface area contributed by atoms with Crippen molar-refractivity contribution in [2.75, 3.05) is 47.4 Å². The zero-order valence-corrected chi connectivity index (χ0v) is 14.0. The fraction of sp³-hybridized carbons (Fsp3) is 0.647. The third-order valence-corrected chi connectivity index (χ3v) is 4.06. The summed E-state index contributed by atoms with van der Waals surface area (Å²) in [6.45, 7) is 4.64. The van der Waals surface area contributed by atoms with Crippen molar-refractivity contribution in [1.82, 2.24) is 9.80 Å². The van der Waals surface area contributed by atoms with Gasteiger partial charge in [0.15, 0.2) is 11.5 Å². The highest BCUT2D eigenvalue weighted by atomic mass is 16.5. The van der Waals surface area contributed by atoms with Gasteiger partial charge in [-0.3, -0.25) is 4.90 Å². The molecule has 1 aliphatic heterocycles. The number of hydrogen-bond donors (Lipinski definition) is 1. The van der Waals surface area contributed by atoms with Gasteiger partial charge in [0.1, 0.15) is 6.61 Å². The van der Waals surface area contributed by atoms with E-state index in [1.807, 2.05) is 20.2 Å². The van der Waals surface area contributed by atoms with Crippen molar-refractivity contribution in [2.45, 2.75) is 25.4 Å². The molecule has 1 saturated heterocycles. The molecule has 5 nitrogen and oxygen atoms in total. The SMILES string of the molecule is COc1ccc(CN2CCC(N)CC2)cc1OCCN(C)C. The van der Waals surface area contributed by atoms with Crippen LogP contribution in [0.5, 0.6) is 11.5 Å². The summed E-state index contributed by atoms with van der Waals surface area (Å²) in [5.41, 5.74) is 7.22. The number of benzene rings is 1. The van der Waals surface area contributed by atoms with Gasteiger partial charge in [-0.1, -0.05) is 6.07 Å². The molecule has 2 rings (SSSR count). The normalized spacial score (nSPS) is 17.0. The average molecular weight is 307 g/mol. The van der Waals surface area contributed by atoms with Gasteiger partial charge >= 0.3 is 0 Å². The first-order chi connectivity index (χ1) is 10.6. The number of ether oxygens (including phenoxy) is 2. The Bertz CT molecular complexity index is 457. The van der Waals surface area contributed by atoms with E-state index in [9.17, 15) is 0 Å². The summed E-state index contributed by atoms with van der Waals surface area (Å²) in [7, 11) is 5.76. The van der Waals surface area contributed by atoms with Gasteiger partial charge in [-0.2, -0.15) is 0 Å². The van der Waals surface area contributed by atoms with Crippen LogP contribution >= 0.6 is 0 Å². The van der Waals surface area contributed by atoms with Crippen LogP contribution in [0.2, 0.25) is 0 Å². The van der Waals surface area contributed by atoms with E-state index in [4.69, 9.17) is 15.2 Å². The van der Waals surface area contributed by atoms with Crippen LogP contribution in [0.1, 0.15) is 18.4 Å². The van der Waals surface area contributed by atoms with Gasteiger partial charge in [0.05, 0.1) is 7.11 Å². The minimum atomic E-state index is 0.372. The van der Waals surface area contributed by atoms with E-state index in [-0.39, 0.29) is 0 Å². The summed E-state index contributed by atoms with van der Waals surface area (Å²) in [6, 6.07) is 6.59. The molecule has 0 unspecified atom stereocenters. The van der Waals surface area contributed by atoms with Crippen LogP contribution in [0.3, 0.4) is 0 Å². The van der Waals surface area contributed by atoms with Crippen molar-refractivity contribution in [1.29, 1.82) is 0 Å².